The molecule has 0 amide bonds. The molecule has 1 saturated carbocycles. The third-order valence-electron chi connectivity index (χ3n) is 3.45. The number of carboxylic acid groups (broad SMARTS) is 1. The fraction of sp³-hybridized carbons (Fsp3) is 0.538. The lowest BCUT2D eigenvalue weighted by molar-refractivity contribution is 0.0686. The van der Waals surface area contributed by atoms with E-state index < -0.39 is 5.97 Å². The summed E-state index contributed by atoms with van der Waals surface area (Å²) >= 11 is 0. The molecule has 1 aromatic rings. The summed E-state index contributed by atoms with van der Waals surface area (Å²) in [6, 6.07) is 3.66. The van der Waals surface area contributed by atoms with Gasteiger partial charge in [0, 0.05) is 25.3 Å². The Kier molecular flexibility index (Phi) is 4.28. The highest BCUT2D eigenvalue weighted by Gasteiger charge is 2.26. The van der Waals surface area contributed by atoms with Gasteiger partial charge in [0.05, 0.1) is 17.9 Å². The average Bonchev–Trinajstić information content (AvgIpc) is 2.27. The zero-order chi connectivity index (χ0) is 13.0. The maximum absolute atomic E-state index is 11.1. The molecule has 1 aliphatic carbocycles. The van der Waals surface area contributed by atoms with Crippen molar-refractivity contribution in [2.45, 2.75) is 31.8 Å². The summed E-state index contributed by atoms with van der Waals surface area (Å²) in [5.41, 5.74) is 0.824. The first kappa shape index (κ1) is 13.0. The second-order valence-electron chi connectivity index (χ2n) is 4.58. The fourth-order valence-electron chi connectivity index (χ4n) is 2.22. The third kappa shape index (κ3) is 2.86. The van der Waals surface area contributed by atoms with Crippen LogP contribution in [0.15, 0.2) is 18.3 Å². The fourth-order valence-corrected chi connectivity index (χ4v) is 2.22. The van der Waals surface area contributed by atoms with Crippen molar-refractivity contribution in [3.63, 3.8) is 0 Å². The molecule has 2 rings (SSSR count). The van der Waals surface area contributed by atoms with Gasteiger partial charge < -0.3 is 10.2 Å². The maximum atomic E-state index is 11.1. The highest BCUT2D eigenvalue weighted by atomic mass is 16.4. The lowest BCUT2D eigenvalue weighted by Crippen LogP contribution is -2.41. The van der Waals surface area contributed by atoms with Gasteiger partial charge >= 0.3 is 5.97 Å². The highest BCUT2D eigenvalue weighted by molar-refractivity contribution is 5.88. The van der Waals surface area contributed by atoms with E-state index in [4.69, 9.17) is 10.2 Å². The van der Waals surface area contributed by atoms with Crippen LogP contribution in [0, 0.1) is 0 Å². The van der Waals surface area contributed by atoms with Gasteiger partial charge in [-0.15, -0.1) is 0 Å². The van der Waals surface area contributed by atoms with Gasteiger partial charge in [0.1, 0.15) is 0 Å². The predicted molar refractivity (Wildman–Crippen MR) is 66.3 cm³/mol. The molecule has 5 heteroatoms. The number of hydrogen-bond donors (Lipinski definition) is 2. The van der Waals surface area contributed by atoms with Crippen LogP contribution in [0.1, 0.15) is 35.3 Å². The Morgan fingerprint density at radius 2 is 2.28 bits per heavy atom. The van der Waals surface area contributed by atoms with Gasteiger partial charge in [0.25, 0.3) is 0 Å². The minimum Gasteiger partial charge on any atom is -0.478 e. The van der Waals surface area contributed by atoms with Crippen LogP contribution < -0.4 is 0 Å². The minimum atomic E-state index is -0.948. The van der Waals surface area contributed by atoms with Crippen LogP contribution >= 0.6 is 0 Å². The van der Waals surface area contributed by atoms with Gasteiger partial charge in [-0.3, -0.25) is 9.88 Å². The largest absolute Gasteiger partial charge is 0.478 e. The number of carbonyl (C=O) groups is 1. The molecule has 0 saturated heterocycles. The van der Waals surface area contributed by atoms with Gasteiger partial charge in [-0.05, 0) is 25.0 Å². The molecule has 0 aromatic carbocycles. The first-order valence-corrected chi connectivity index (χ1v) is 6.24. The standard InChI is InChI=1S/C13H18N2O3/c16-8-7-15(10-3-1-4-10)9-12-11(13(17)18)5-2-6-14-12/h2,5-6,10,16H,1,3-4,7-9H2,(H,17,18). The number of aromatic carboxylic acids is 1. The number of rotatable bonds is 6. The summed E-state index contributed by atoms with van der Waals surface area (Å²) in [7, 11) is 0. The Morgan fingerprint density at radius 1 is 1.50 bits per heavy atom. The second-order valence-corrected chi connectivity index (χ2v) is 4.58. The molecule has 1 heterocycles. The van der Waals surface area contributed by atoms with Crippen LogP contribution in [-0.2, 0) is 6.54 Å². The van der Waals surface area contributed by atoms with E-state index in [1.807, 2.05) is 0 Å². The van der Waals surface area contributed by atoms with Crippen LogP contribution in [-0.4, -0.2) is 45.3 Å². The second kappa shape index (κ2) is 5.93. The van der Waals surface area contributed by atoms with Crippen molar-refractivity contribution in [3.05, 3.63) is 29.6 Å². The molecule has 0 atom stereocenters. The van der Waals surface area contributed by atoms with E-state index in [1.54, 1.807) is 18.3 Å². The Bertz CT molecular complexity index is 418. The van der Waals surface area contributed by atoms with Crippen molar-refractivity contribution in [2.24, 2.45) is 0 Å². The summed E-state index contributed by atoms with van der Waals surface area (Å²) in [6.45, 7) is 1.15. The van der Waals surface area contributed by atoms with Crippen molar-refractivity contribution in [3.8, 4) is 0 Å². The van der Waals surface area contributed by atoms with E-state index in [1.165, 1.54) is 6.42 Å². The number of hydrogen-bond acceptors (Lipinski definition) is 4. The summed E-state index contributed by atoms with van der Waals surface area (Å²) in [4.78, 5) is 17.4. The quantitative estimate of drug-likeness (QED) is 0.791. The summed E-state index contributed by atoms with van der Waals surface area (Å²) in [5, 5.41) is 18.2. The first-order valence-electron chi connectivity index (χ1n) is 6.24. The summed E-state index contributed by atoms with van der Waals surface area (Å²) < 4.78 is 0. The topological polar surface area (TPSA) is 73.7 Å². The molecule has 0 bridgehead atoms. The van der Waals surface area contributed by atoms with Gasteiger partial charge in [-0.1, -0.05) is 6.42 Å². The number of aromatic nitrogens is 1. The van der Waals surface area contributed by atoms with E-state index in [0.29, 0.717) is 24.8 Å². The van der Waals surface area contributed by atoms with E-state index in [-0.39, 0.29) is 12.2 Å². The van der Waals surface area contributed by atoms with Crippen molar-refractivity contribution >= 4 is 5.97 Å². The van der Waals surface area contributed by atoms with Crippen LogP contribution in [0.25, 0.3) is 0 Å². The van der Waals surface area contributed by atoms with Crippen molar-refractivity contribution in [1.82, 2.24) is 9.88 Å². The van der Waals surface area contributed by atoms with Gasteiger partial charge in [0.2, 0.25) is 0 Å². The van der Waals surface area contributed by atoms with Gasteiger partial charge in [-0.25, -0.2) is 4.79 Å². The molecule has 1 fully saturated rings. The molecule has 1 aromatic heterocycles. The van der Waals surface area contributed by atoms with Gasteiger partial charge in [0.15, 0.2) is 0 Å². The molecular weight excluding hydrogens is 232 g/mol. The van der Waals surface area contributed by atoms with Crippen molar-refractivity contribution in [2.75, 3.05) is 13.2 Å². The Labute approximate surface area is 106 Å². The van der Waals surface area contributed by atoms with E-state index >= 15 is 0 Å². The highest BCUT2D eigenvalue weighted by Crippen LogP contribution is 2.26. The molecule has 98 valence electrons. The van der Waals surface area contributed by atoms with Crippen LogP contribution in [0.5, 0.6) is 0 Å². The number of aliphatic hydroxyl groups excluding tert-OH is 1. The van der Waals surface area contributed by atoms with E-state index in [2.05, 4.69) is 9.88 Å². The van der Waals surface area contributed by atoms with Crippen LogP contribution in [0.2, 0.25) is 0 Å². The Balaban J connectivity index is 2.12. The molecule has 18 heavy (non-hydrogen) atoms. The lowest BCUT2D eigenvalue weighted by atomic mass is 9.91. The monoisotopic (exact) mass is 250 g/mol. The normalized spacial score (nSPS) is 15.7. The lowest BCUT2D eigenvalue weighted by Gasteiger charge is -2.37. The SMILES string of the molecule is O=C(O)c1cccnc1CN(CCO)C1CCC1. The molecular formula is C13H18N2O3. The maximum Gasteiger partial charge on any atom is 0.337 e. The smallest absolute Gasteiger partial charge is 0.337 e. The van der Waals surface area contributed by atoms with E-state index in [9.17, 15) is 4.79 Å². The molecule has 0 radical (unpaired) electrons. The van der Waals surface area contributed by atoms with Crippen LogP contribution in [0.3, 0.4) is 0 Å². The Hall–Kier alpha value is -1.46. The zero-order valence-corrected chi connectivity index (χ0v) is 10.2. The average molecular weight is 250 g/mol. The molecule has 1 aliphatic rings. The zero-order valence-electron chi connectivity index (χ0n) is 10.2. The molecule has 2 N–H and O–H groups in total. The van der Waals surface area contributed by atoms with E-state index in [0.717, 1.165) is 12.8 Å². The number of aliphatic hydroxyl groups is 1. The summed E-state index contributed by atoms with van der Waals surface area (Å²) in [5.74, 6) is -0.948. The van der Waals surface area contributed by atoms with Crippen molar-refractivity contribution < 1.29 is 15.0 Å². The third-order valence-corrected chi connectivity index (χ3v) is 3.45. The number of nitrogens with zero attached hydrogens (tertiary/aromatic N) is 2. The first-order chi connectivity index (χ1) is 8.72. The van der Waals surface area contributed by atoms with Crippen molar-refractivity contribution in [1.29, 1.82) is 0 Å². The molecule has 5 nitrogen and oxygen atoms in total. The summed E-state index contributed by atoms with van der Waals surface area (Å²) in [6.07, 6.45) is 5.06. The van der Waals surface area contributed by atoms with Crippen LogP contribution in [0.4, 0.5) is 0 Å². The van der Waals surface area contributed by atoms with Gasteiger partial charge in [-0.2, -0.15) is 0 Å². The number of carboxylic acids is 1. The predicted octanol–water partition coefficient (Wildman–Crippen LogP) is 1.13. The number of pyridine rings is 1. The Morgan fingerprint density at radius 3 is 2.83 bits per heavy atom. The molecule has 0 aliphatic heterocycles. The molecule has 0 unspecified atom stereocenters. The molecule has 0 spiro atoms. The minimum absolute atomic E-state index is 0.0890.